The predicted octanol–water partition coefficient (Wildman–Crippen LogP) is 2.20. The first-order valence-electron chi connectivity index (χ1n) is 6.80. The second-order valence-corrected chi connectivity index (χ2v) is 8.18. The topological polar surface area (TPSA) is 102 Å². The van der Waals surface area contributed by atoms with Gasteiger partial charge in [0.25, 0.3) is 0 Å². The summed E-state index contributed by atoms with van der Waals surface area (Å²) < 4.78 is 37.5. The molecule has 0 unspecified atom stereocenters. The van der Waals surface area contributed by atoms with E-state index in [1.807, 2.05) is 0 Å². The number of amides is 1. The van der Waals surface area contributed by atoms with Gasteiger partial charge in [0, 0.05) is 4.47 Å². The van der Waals surface area contributed by atoms with Crippen molar-refractivity contribution in [3.63, 3.8) is 0 Å². The summed E-state index contributed by atoms with van der Waals surface area (Å²) in [7, 11) is -3.25. The number of anilines is 1. The van der Waals surface area contributed by atoms with Crippen LogP contribution in [0.25, 0.3) is 0 Å². The maximum absolute atomic E-state index is 12.5. The van der Waals surface area contributed by atoms with E-state index in [1.54, 1.807) is 37.6 Å². The van der Waals surface area contributed by atoms with Crippen molar-refractivity contribution in [2.24, 2.45) is 0 Å². The molecule has 0 fully saturated rings. The van der Waals surface area contributed by atoms with E-state index in [4.69, 9.17) is 4.74 Å². The molecule has 10 heteroatoms. The molecular formula is C14H19BrN2O6S. The number of methoxy groups -OCH3 is 1. The summed E-state index contributed by atoms with van der Waals surface area (Å²) in [5.74, 6) is -0.787. The van der Waals surface area contributed by atoms with Crippen molar-refractivity contribution in [3.05, 3.63) is 28.7 Å². The highest BCUT2D eigenvalue weighted by molar-refractivity contribution is 9.10. The molecule has 1 N–H and O–H groups in total. The molecule has 0 aliphatic carbocycles. The molecule has 8 nitrogen and oxygen atoms in total. The molecule has 1 rings (SSSR count). The number of halogens is 1. The van der Waals surface area contributed by atoms with Crippen LogP contribution in [-0.4, -0.2) is 39.7 Å². The maximum Gasteiger partial charge on any atom is 0.422 e. The van der Waals surface area contributed by atoms with Crippen molar-refractivity contribution < 1.29 is 27.5 Å². The van der Waals surface area contributed by atoms with Crippen LogP contribution in [0.1, 0.15) is 20.8 Å². The van der Waals surface area contributed by atoms with E-state index in [1.165, 1.54) is 12.1 Å². The Morgan fingerprint density at radius 3 is 2.42 bits per heavy atom. The lowest BCUT2D eigenvalue weighted by Crippen LogP contribution is -2.47. The van der Waals surface area contributed by atoms with Crippen LogP contribution in [0.2, 0.25) is 0 Å². The third-order valence-corrected chi connectivity index (χ3v) is 4.34. The Kier molecular flexibility index (Phi) is 6.61. The van der Waals surface area contributed by atoms with Gasteiger partial charge in [-0.3, -0.25) is 4.79 Å². The summed E-state index contributed by atoms with van der Waals surface area (Å²) in [6, 6.07) is 6.24. The number of nitrogens with one attached hydrogen (secondary N) is 1. The molecule has 1 aromatic rings. The molecule has 0 saturated heterocycles. The monoisotopic (exact) mass is 422 g/mol. The van der Waals surface area contributed by atoms with Crippen molar-refractivity contribution in [3.8, 4) is 0 Å². The third-order valence-electron chi connectivity index (χ3n) is 2.50. The summed E-state index contributed by atoms with van der Waals surface area (Å²) in [6.45, 7) is 4.18. The molecule has 0 radical (unpaired) electrons. The molecule has 0 aromatic heterocycles. The molecule has 0 aliphatic heterocycles. The minimum atomic E-state index is -4.38. The van der Waals surface area contributed by atoms with Crippen LogP contribution in [0.3, 0.4) is 0 Å². The molecule has 1 aromatic carbocycles. The second kappa shape index (κ2) is 7.84. The zero-order valence-electron chi connectivity index (χ0n) is 13.7. The number of carbonyl (C=O) groups excluding carboxylic acids is 2. The van der Waals surface area contributed by atoms with Crippen molar-refractivity contribution in [2.75, 3.05) is 18.0 Å². The van der Waals surface area contributed by atoms with Crippen molar-refractivity contribution in [1.29, 1.82) is 0 Å². The molecule has 0 spiro atoms. The summed E-state index contributed by atoms with van der Waals surface area (Å²) in [5, 5.41) is 0. The van der Waals surface area contributed by atoms with Crippen molar-refractivity contribution in [1.82, 2.24) is 4.72 Å². The quantitative estimate of drug-likeness (QED) is 0.729. The van der Waals surface area contributed by atoms with Gasteiger partial charge < -0.3 is 9.47 Å². The van der Waals surface area contributed by atoms with Crippen LogP contribution in [0, 0.1) is 0 Å². The lowest BCUT2D eigenvalue weighted by atomic mass is 10.2. The van der Waals surface area contributed by atoms with E-state index >= 15 is 0 Å². The van der Waals surface area contributed by atoms with E-state index in [0.29, 0.717) is 8.78 Å². The van der Waals surface area contributed by atoms with Crippen molar-refractivity contribution >= 4 is 43.9 Å². The Morgan fingerprint density at radius 2 is 1.92 bits per heavy atom. The first kappa shape index (κ1) is 20.2. The van der Waals surface area contributed by atoms with Gasteiger partial charge in [-0.05, 0) is 39.0 Å². The predicted molar refractivity (Wildman–Crippen MR) is 91.8 cm³/mol. The molecular weight excluding hydrogens is 404 g/mol. The Balaban J connectivity index is 3.13. The molecule has 134 valence electrons. The number of nitrogens with zero attached hydrogens (tertiary/aromatic N) is 1. The SMILES string of the molecule is COC(=O)CN(c1cccc(Br)c1)S(=O)(=O)NC(=O)OC(C)(C)C. The highest BCUT2D eigenvalue weighted by Gasteiger charge is 2.29. The molecule has 0 aliphatic rings. The fourth-order valence-corrected chi connectivity index (χ4v) is 3.00. The molecule has 0 atom stereocenters. The van der Waals surface area contributed by atoms with E-state index in [0.717, 1.165) is 7.11 Å². The van der Waals surface area contributed by atoms with Crippen LogP contribution < -0.4 is 9.03 Å². The molecule has 1 amide bonds. The van der Waals surface area contributed by atoms with Crippen LogP contribution in [0.4, 0.5) is 10.5 Å². The number of hydrogen-bond acceptors (Lipinski definition) is 6. The highest BCUT2D eigenvalue weighted by atomic mass is 79.9. The number of hydrogen-bond donors (Lipinski definition) is 1. The van der Waals surface area contributed by atoms with Gasteiger partial charge in [-0.1, -0.05) is 22.0 Å². The summed E-state index contributed by atoms with van der Waals surface area (Å²) >= 11 is 3.22. The number of rotatable bonds is 5. The van der Waals surface area contributed by atoms with E-state index in [2.05, 4.69) is 20.7 Å². The summed E-state index contributed by atoms with van der Waals surface area (Å²) in [4.78, 5) is 23.3. The Morgan fingerprint density at radius 1 is 1.29 bits per heavy atom. The van der Waals surface area contributed by atoms with Gasteiger partial charge in [0.2, 0.25) is 0 Å². The normalized spacial score (nSPS) is 11.5. The lowest BCUT2D eigenvalue weighted by Gasteiger charge is -2.25. The van der Waals surface area contributed by atoms with Gasteiger partial charge in [0.15, 0.2) is 0 Å². The van der Waals surface area contributed by atoms with Crippen LogP contribution in [0.5, 0.6) is 0 Å². The Labute approximate surface area is 149 Å². The minimum absolute atomic E-state index is 0.172. The fourth-order valence-electron chi connectivity index (χ4n) is 1.59. The van der Waals surface area contributed by atoms with E-state index < -0.39 is 34.4 Å². The van der Waals surface area contributed by atoms with E-state index in [-0.39, 0.29) is 5.69 Å². The highest BCUT2D eigenvalue weighted by Crippen LogP contribution is 2.22. The van der Waals surface area contributed by atoms with Gasteiger partial charge >= 0.3 is 22.3 Å². The number of benzene rings is 1. The Bertz CT molecular complexity index is 714. The van der Waals surface area contributed by atoms with Gasteiger partial charge in [-0.15, -0.1) is 0 Å². The van der Waals surface area contributed by atoms with Crippen molar-refractivity contribution in [2.45, 2.75) is 26.4 Å². The lowest BCUT2D eigenvalue weighted by molar-refractivity contribution is -0.138. The van der Waals surface area contributed by atoms with Gasteiger partial charge in [-0.2, -0.15) is 8.42 Å². The smallest absolute Gasteiger partial charge is 0.422 e. The molecule has 0 bridgehead atoms. The third kappa shape index (κ3) is 6.36. The zero-order chi connectivity index (χ0) is 18.5. The first-order chi connectivity index (χ1) is 10.9. The Hall–Kier alpha value is -1.81. The van der Waals surface area contributed by atoms with E-state index in [9.17, 15) is 18.0 Å². The average Bonchev–Trinajstić information content (AvgIpc) is 2.41. The average molecular weight is 423 g/mol. The first-order valence-corrected chi connectivity index (χ1v) is 9.04. The zero-order valence-corrected chi connectivity index (χ0v) is 16.1. The summed E-state index contributed by atoms with van der Waals surface area (Å²) in [5.41, 5.74) is -0.700. The summed E-state index contributed by atoms with van der Waals surface area (Å²) in [6.07, 6.45) is -1.15. The van der Waals surface area contributed by atoms with Crippen LogP contribution >= 0.6 is 15.9 Å². The van der Waals surface area contributed by atoms with Gasteiger partial charge in [0.1, 0.15) is 12.1 Å². The molecule has 0 saturated carbocycles. The standard InChI is InChI=1S/C14H19BrN2O6S/c1-14(2,3)23-13(19)16-24(20,21)17(9-12(18)22-4)11-7-5-6-10(15)8-11/h5-8H,9H2,1-4H3,(H,16,19). The molecule has 24 heavy (non-hydrogen) atoms. The molecule has 0 heterocycles. The number of carbonyl (C=O) groups is 2. The second-order valence-electron chi connectivity index (χ2n) is 5.67. The van der Waals surface area contributed by atoms with Crippen LogP contribution in [-0.2, 0) is 24.5 Å². The van der Waals surface area contributed by atoms with Gasteiger partial charge in [0.05, 0.1) is 12.8 Å². The van der Waals surface area contributed by atoms with Crippen LogP contribution in [0.15, 0.2) is 28.7 Å². The fraction of sp³-hybridized carbons (Fsp3) is 0.429. The largest absolute Gasteiger partial charge is 0.468 e. The number of esters is 1. The van der Waals surface area contributed by atoms with Gasteiger partial charge in [-0.25, -0.2) is 13.8 Å². The minimum Gasteiger partial charge on any atom is -0.468 e. The maximum atomic E-state index is 12.5. The number of ether oxygens (including phenoxy) is 2.